The summed E-state index contributed by atoms with van der Waals surface area (Å²) in [7, 11) is 0. The largest absolute Gasteiger partial charge is 0.395 e. The Balaban J connectivity index is 2.41. The molecule has 18 heavy (non-hydrogen) atoms. The van der Waals surface area contributed by atoms with Gasteiger partial charge in [0.15, 0.2) is 0 Å². The second-order valence-corrected chi connectivity index (χ2v) is 5.31. The van der Waals surface area contributed by atoms with Crippen LogP contribution >= 0.6 is 0 Å². The standard InChI is InChI=1S/C14H28N2O2/c1-2-3-4-5-9-16(10-11-17)14(18)12-7-6-8-13(12)15/h12-13,17H,2-11,15H2,1H3. The van der Waals surface area contributed by atoms with Crippen molar-refractivity contribution in [2.45, 2.75) is 57.9 Å². The fourth-order valence-corrected chi connectivity index (χ4v) is 2.71. The van der Waals surface area contributed by atoms with Crippen molar-refractivity contribution in [1.82, 2.24) is 4.90 Å². The fourth-order valence-electron chi connectivity index (χ4n) is 2.71. The van der Waals surface area contributed by atoms with Gasteiger partial charge >= 0.3 is 0 Å². The Labute approximate surface area is 111 Å². The van der Waals surface area contributed by atoms with Crippen molar-refractivity contribution in [3.8, 4) is 0 Å². The second-order valence-electron chi connectivity index (χ2n) is 5.31. The number of aliphatic hydroxyl groups is 1. The van der Waals surface area contributed by atoms with Gasteiger partial charge in [0.05, 0.1) is 12.5 Å². The number of nitrogens with two attached hydrogens (primary N) is 1. The molecule has 2 atom stereocenters. The third-order valence-electron chi connectivity index (χ3n) is 3.85. The molecule has 1 aliphatic carbocycles. The Morgan fingerprint density at radius 2 is 2.06 bits per heavy atom. The number of carbonyl (C=O) groups is 1. The van der Waals surface area contributed by atoms with E-state index in [1.54, 1.807) is 0 Å². The minimum Gasteiger partial charge on any atom is -0.395 e. The summed E-state index contributed by atoms with van der Waals surface area (Å²) in [5, 5.41) is 9.07. The van der Waals surface area contributed by atoms with Gasteiger partial charge in [0, 0.05) is 19.1 Å². The van der Waals surface area contributed by atoms with E-state index in [1.807, 2.05) is 4.90 Å². The highest BCUT2D eigenvalue weighted by atomic mass is 16.3. The van der Waals surface area contributed by atoms with Gasteiger partial charge in [0.1, 0.15) is 0 Å². The molecule has 0 heterocycles. The Morgan fingerprint density at radius 3 is 2.61 bits per heavy atom. The molecule has 1 fully saturated rings. The zero-order valence-corrected chi connectivity index (χ0v) is 11.6. The summed E-state index contributed by atoms with van der Waals surface area (Å²) < 4.78 is 0. The number of hydrogen-bond acceptors (Lipinski definition) is 3. The van der Waals surface area contributed by atoms with Crippen molar-refractivity contribution in [1.29, 1.82) is 0 Å². The third-order valence-corrected chi connectivity index (χ3v) is 3.85. The normalized spacial score (nSPS) is 23.3. The molecule has 0 bridgehead atoms. The smallest absolute Gasteiger partial charge is 0.227 e. The van der Waals surface area contributed by atoms with E-state index in [0.717, 1.165) is 38.6 Å². The summed E-state index contributed by atoms with van der Waals surface area (Å²) in [5.41, 5.74) is 5.98. The first-order valence-electron chi connectivity index (χ1n) is 7.36. The molecule has 1 amide bonds. The van der Waals surface area contributed by atoms with Crippen LogP contribution in [0.25, 0.3) is 0 Å². The SMILES string of the molecule is CCCCCCN(CCO)C(=O)C1CCCC1N. The maximum absolute atomic E-state index is 12.3. The lowest BCUT2D eigenvalue weighted by molar-refractivity contribution is -0.136. The van der Waals surface area contributed by atoms with Gasteiger partial charge in [-0.2, -0.15) is 0 Å². The van der Waals surface area contributed by atoms with Gasteiger partial charge in [-0.05, 0) is 19.3 Å². The van der Waals surface area contributed by atoms with Crippen molar-refractivity contribution < 1.29 is 9.90 Å². The predicted molar refractivity (Wildman–Crippen MR) is 73.1 cm³/mol. The minimum atomic E-state index is -0.0114. The highest BCUT2D eigenvalue weighted by Crippen LogP contribution is 2.26. The number of unbranched alkanes of at least 4 members (excludes halogenated alkanes) is 3. The van der Waals surface area contributed by atoms with Crippen molar-refractivity contribution in [3.63, 3.8) is 0 Å². The van der Waals surface area contributed by atoms with Crippen LogP contribution in [-0.2, 0) is 4.79 Å². The van der Waals surface area contributed by atoms with Crippen LogP contribution in [0.1, 0.15) is 51.9 Å². The average molecular weight is 256 g/mol. The van der Waals surface area contributed by atoms with Crippen LogP contribution in [0, 0.1) is 5.92 Å². The van der Waals surface area contributed by atoms with Crippen LogP contribution in [-0.4, -0.2) is 41.7 Å². The van der Waals surface area contributed by atoms with E-state index < -0.39 is 0 Å². The molecule has 0 aliphatic heterocycles. The van der Waals surface area contributed by atoms with Crippen LogP contribution in [0.4, 0.5) is 0 Å². The van der Waals surface area contributed by atoms with E-state index in [-0.39, 0.29) is 24.5 Å². The summed E-state index contributed by atoms with van der Waals surface area (Å²) >= 11 is 0. The molecule has 3 N–H and O–H groups in total. The predicted octanol–water partition coefficient (Wildman–Crippen LogP) is 1.51. The molecule has 1 aliphatic rings. The Hall–Kier alpha value is -0.610. The van der Waals surface area contributed by atoms with Crippen LogP contribution in [0.5, 0.6) is 0 Å². The van der Waals surface area contributed by atoms with Crippen molar-refractivity contribution in [2.75, 3.05) is 19.7 Å². The fraction of sp³-hybridized carbons (Fsp3) is 0.929. The molecule has 0 aromatic rings. The number of nitrogens with zero attached hydrogens (tertiary/aromatic N) is 1. The maximum Gasteiger partial charge on any atom is 0.227 e. The van der Waals surface area contributed by atoms with E-state index in [9.17, 15) is 4.79 Å². The van der Waals surface area contributed by atoms with Gasteiger partial charge < -0.3 is 15.7 Å². The maximum atomic E-state index is 12.3. The zero-order chi connectivity index (χ0) is 13.4. The van der Waals surface area contributed by atoms with Gasteiger partial charge in [-0.15, -0.1) is 0 Å². The topological polar surface area (TPSA) is 66.6 Å². The van der Waals surface area contributed by atoms with Crippen LogP contribution < -0.4 is 5.73 Å². The Morgan fingerprint density at radius 1 is 1.28 bits per heavy atom. The van der Waals surface area contributed by atoms with E-state index in [2.05, 4.69) is 6.92 Å². The van der Waals surface area contributed by atoms with Crippen LogP contribution in [0.15, 0.2) is 0 Å². The van der Waals surface area contributed by atoms with Crippen molar-refractivity contribution in [3.05, 3.63) is 0 Å². The van der Waals surface area contributed by atoms with Crippen molar-refractivity contribution >= 4 is 5.91 Å². The zero-order valence-electron chi connectivity index (χ0n) is 11.6. The highest BCUT2D eigenvalue weighted by molar-refractivity contribution is 5.79. The lowest BCUT2D eigenvalue weighted by Gasteiger charge is -2.26. The molecule has 0 spiro atoms. The summed E-state index contributed by atoms with van der Waals surface area (Å²) in [6.07, 6.45) is 7.52. The first-order chi connectivity index (χ1) is 8.70. The minimum absolute atomic E-state index is 0.0114. The molecule has 0 aromatic heterocycles. The Kier molecular flexibility index (Phi) is 7.28. The van der Waals surface area contributed by atoms with E-state index >= 15 is 0 Å². The molecular weight excluding hydrogens is 228 g/mol. The number of rotatable bonds is 8. The average Bonchev–Trinajstić information content (AvgIpc) is 2.78. The third kappa shape index (κ3) is 4.58. The van der Waals surface area contributed by atoms with Gasteiger partial charge in [0.25, 0.3) is 0 Å². The summed E-state index contributed by atoms with van der Waals surface area (Å²) in [4.78, 5) is 14.2. The van der Waals surface area contributed by atoms with E-state index in [0.29, 0.717) is 6.54 Å². The lowest BCUT2D eigenvalue weighted by atomic mass is 10.0. The van der Waals surface area contributed by atoms with Gasteiger partial charge in [-0.25, -0.2) is 0 Å². The number of carbonyl (C=O) groups excluding carboxylic acids is 1. The number of aliphatic hydroxyl groups excluding tert-OH is 1. The van der Waals surface area contributed by atoms with E-state index in [1.165, 1.54) is 12.8 Å². The first-order valence-corrected chi connectivity index (χ1v) is 7.36. The summed E-state index contributed by atoms with van der Waals surface area (Å²) in [6, 6.07) is 0.0225. The van der Waals surface area contributed by atoms with Gasteiger partial charge in [0.2, 0.25) is 5.91 Å². The molecule has 0 saturated heterocycles. The molecule has 106 valence electrons. The summed E-state index contributed by atoms with van der Waals surface area (Å²) in [5.74, 6) is 0.147. The number of hydrogen-bond donors (Lipinski definition) is 2. The van der Waals surface area contributed by atoms with Crippen LogP contribution in [0.2, 0.25) is 0 Å². The lowest BCUT2D eigenvalue weighted by Crippen LogP contribution is -2.43. The van der Waals surface area contributed by atoms with Gasteiger partial charge in [-0.1, -0.05) is 32.6 Å². The van der Waals surface area contributed by atoms with Crippen LogP contribution in [0.3, 0.4) is 0 Å². The Bertz CT molecular complexity index is 246. The molecule has 1 rings (SSSR count). The molecular formula is C14H28N2O2. The summed E-state index contributed by atoms with van der Waals surface area (Å²) in [6.45, 7) is 3.44. The second kappa shape index (κ2) is 8.48. The molecule has 0 aromatic carbocycles. The van der Waals surface area contributed by atoms with Gasteiger partial charge in [-0.3, -0.25) is 4.79 Å². The monoisotopic (exact) mass is 256 g/mol. The molecule has 1 saturated carbocycles. The molecule has 4 heteroatoms. The molecule has 0 radical (unpaired) electrons. The number of amides is 1. The first kappa shape index (κ1) is 15.4. The highest BCUT2D eigenvalue weighted by Gasteiger charge is 2.32. The van der Waals surface area contributed by atoms with Crippen molar-refractivity contribution in [2.24, 2.45) is 11.7 Å². The quantitative estimate of drug-likeness (QED) is 0.647. The molecule has 2 unspecified atom stereocenters. The molecule has 4 nitrogen and oxygen atoms in total. The van der Waals surface area contributed by atoms with E-state index in [4.69, 9.17) is 10.8 Å².